The van der Waals surface area contributed by atoms with Gasteiger partial charge in [0.25, 0.3) is 0 Å². The lowest BCUT2D eigenvalue weighted by Gasteiger charge is -2.20. The van der Waals surface area contributed by atoms with Crippen LogP contribution in [0.15, 0.2) is 24.3 Å². The Morgan fingerprint density at radius 3 is 2.35 bits per heavy atom. The largest absolute Gasteiger partial charge is 0.370 e. The van der Waals surface area contributed by atoms with Gasteiger partial charge < -0.3 is 16.4 Å². The number of benzene rings is 1. The number of likely N-dealkylation sites (N-methyl/N-ethyl adjacent to an activating group) is 1. The molecule has 0 heterocycles. The molecular formula is C11H14FN3O2. The summed E-state index contributed by atoms with van der Waals surface area (Å²) < 4.78 is 12.7. The summed E-state index contributed by atoms with van der Waals surface area (Å²) in [7, 11) is 1.50. The second-order valence-electron chi connectivity index (χ2n) is 3.65. The highest BCUT2D eigenvalue weighted by Crippen LogP contribution is 2.14. The van der Waals surface area contributed by atoms with Crippen molar-refractivity contribution in [3.63, 3.8) is 0 Å². The molecule has 0 aliphatic rings. The molecule has 0 aliphatic heterocycles. The van der Waals surface area contributed by atoms with Crippen molar-refractivity contribution in [1.82, 2.24) is 0 Å². The van der Waals surface area contributed by atoms with Crippen molar-refractivity contribution in [2.75, 3.05) is 11.9 Å². The number of primary amides is 1. The van der Waals surface area contributed by atoms with E-state index in [2.05, 4.69) is 0 Å². The third-order valence-electron chi connectivity index (χ3n) is 2.28. The minimum absolute atomic E-state index is 0.218. The lowest BCUT2D eigenvalue weighted by atomic mass is 10.1. The normalized spacial score (nSPS) is 11.9. The predicted molar refractivity (Wildman–Crippen MR) is 61.6 cm³/mol. The SMILES string of the molecule is CN(C(=O)C(N)CC(N)=O)c1ccc(F)cc1. The fraction of sp³-hybridized carbons (Fsp3) is 0.273. The maximum Gasteiger partial charge on any atom is 0.244 e. The van der Waals surface area contributed by atoms with Crippen LogP contribution in [0.1, 0.15) is 6.42 Å². The molecule has 0 saturated carbocycles. The average Bonchev–Trinajstić information content (AvgIpc) is 2.27. The molecule has 0 fully saturated rings. The first-order chi connectivity index (χ1) is 7.91. The molecule has 0 bridgehead atoms. The standard InChI is InChI=1S/C11H14FN3O2/c1-15(8-4-2-7(12)3-5-8)11(17)9(13)6-10(14)16/h2-5,9H,6,13H2,1H3,(H2,14,16). The van der Waals surface area contributed by atoms with E-state index in [4.69, 9.17) is 11.5 Å². The van der Waals surface area contributed by atoms with Crippen LogP contribution in [0.5, 0.6) is 0 Å². The number of rotatable bonds is 4. The Morgan fingerprint density at radius 1 is 1.35 bits per heavy atom. The molecule has 2 amide bonds. The Labute approximate surface area is 98.2 Å². The molecule has 0 aromatic heterocycles. The van der Waals surface area contributed by atoms with Gasteiger partial charge in [-0.05, 0) is 24.3 Å². The van der Waals surface area contributed by atoms with Crippen molar-refractivity contribution >= 4 is 17.5 Å². The van der Waals surface area contributed by atoms with Crippen LogP contribution in [-0.2, 0) is 9.59 Å². The van der Waals surface area contributed by atoms with Crippen LogP contribution < -0.4 is 16.4 Å². The van der Waals surface area contributed by atoms with E-state index in [1.165, 1.54) is 36.2 Å². The molecular weight excluding hydrogens is 225 g/mol. The number of carbonyl (C=O) groups is 2. The molecule has 1 aromatic rings. The van der Waals surface area contributed by atoms with Crippen LogP contribution in [-0.4, -0.2) is 24.9 Å². The number of amides is 2. The van der Waals surface area contributed by atoms with Crippen LogP contribution >= 0.6 is 0 Å². The summed E-state index contributed by atoms with van der Waals surface area (Å²) in [6, 6.07) is 4.38. The first-order valence-electron chi connectivity index (χ1n) is 4.99. The van der Waals surface area contributed by atoms with Gasteiger partial charge in [0.05, 0.1) is 12.5 Å². The van der Waals surface area contributed by atoms with Crippen LogP contribution in [0.25, 0.3) is 0 Å². The maximum atomic E-state index is 12.7. The van der Waals surface area contributed by atoms with Crippen molar-refractivity contribution in [3.05, 3.63) is 30.1 Å². The Bertz CT molecular complexity index is 419. The van der Waals surface area contributed by atoms with Crippen molar-refractivity contribution in [2.24, 2.45) is 11.5 Å². The Balaban J connectivity index is 2.75. The number of halogens is 1. The topological polar surface area (TPSA) is 89.4 Å². The van der Waals surface area contributed by atoms with Crippen LogP contribution in [0, 0.1) is 5.82 Å². The molecule has 1 atom stereocenters. The number of nitrogens with two attached hydrogens (primary N) is 2. The fourth-order valence-corrected chi connectivity index (χ4v) is 1.34. The predicted octanol–water partition coefficient (Wildman–Crippen LogP) is -0.00880. The van der Waals surface area contributed by atoms with Crippen molar-refractivity contribution in [2.45, 2.75) is 12.5 Å². The van der Waals surface area contributed by atoms with Gasteiger partial charge in [0.1, 0.15) is 5.82 Å². The molecule has 1 unspecified atom stereocenters. The van der Waals surface area contributed by atoms with Gasteiger partial charge in [-0.25, -0.2) is 4.39 Å². The molecule has 17 heavy (non-hydrogen) atoms. The van der Waals surface area contributed by atoms with Gasteiger partial charge in [-0.2, -0.15) is 0 Å². The van der Waals surface area contributed by atoms with Gasteiger partial charge in [0.15, 0.2) is 0 Å². The summed E-state index contributed by atoms with van der Waals surface area (Å²) in [5.74, 6) is -1.48. The number of carbonyl (C=O) groups excluding carboxylic acids is 2. The molecule has 1 aromatic carbocycles. The maximum absolute atomic E-state index is 12.7. The van der Waals surface area contributed by atoms with Gasteiger partial charge >= 0.3 is 0 Å². The second-order valence-corrected chi connectivity index (χ2v) is 3.65. The molecule has 6 heteroatoms. The van der Waals surface area contributed by atoms with Gasteiger partial charge in [-0.15, -0.1) is 0 Å². The highest BCUT2D eigenvalue weighted by Gasteiger charge is 2.20. The first kappa shape index (κ1) is 13.1. The van der Waals surface area contributed by atoms with Gasteiger partial charge in [0, 0.05) is 12.7 Å². The average molecular weight is 239 g/mol. The molecule has 4 N–H and O–H groups in total. The number of hydrogen-bond donors (Lipinski definition) is 2. The lowest BCUT2D eigenvalue weighted by molar-refractivity contribution is -0.124. The number of hydrogen-bond acceptors (Lipinski definition) is 3. The van der Waals surface area contributed by atoms with Crippen LogP contribution in [0.2, 0.25) is 0 Å². The van der Waals surface area contributed by atoms with Crippen molar-refractivity contribution < 1.29 is 14.0 Å². The Morgan fingerprint density at radius 2 is 1.88 bits per heavy atom. The third-order valence-corrected chi connectivity index (χ3v) is 2.28. The Hall–Kier alpha value is -1.95. The van der Waals surface area contributed by atoms with E-state index < -0.39 is 23.7 Å². The summed E-state index contributed by atoms with van der Waals surface area (Å²) >= 11 is 0. The highest BCUT2D eigenvalue weighted by atomic mass is 19.1. The van der Waals surface area contributed by atoms with Crippen LogP contribution in [0.4, 0.5) is 10.1 Å². The first-order valence-corrected chi connectivity index (χ1v) is 4.99. The quantitative estimate of drug-likeness (QED) is 0.774. The highest BCUT2D eigenvalue weighted by molar-refractivity contribution is 5.98. The molecule has 0 spiro atoms. The molecule has 1 rings (SSSR count). The number of nitrogens with zero attached hydrogens (tertiary/aromatic N) is 1. The van der Waals surface area contributed by atoms with E-state index in [1.807, 2.05) is 0 Å². The fourth-order valence-electron chi connectivity index (χ4n) is 1.34. The van der Waals surface area contributed by atoms with E-state index in [1.54, 1.807) is 0 Å². The molecule has 0 aliphatic carbocycles. The van der Waals surface area contributed by atoms with Crippen molar-refractivity contribution in [1.29, 1.82) is 0 Å². The minimum Gasteiger partial charge on any atom is -0.370 e. The van der Waals surface area contributed by atoms with Gasteiger partial charge in [-0.1, -0.05) is 0 Å². The third kappa shape index (κ3) is 3.53. The summed E-state index contributed by atoms with van der Waals surface area (Å²) in [4.78, 5) is 23.7. The van der Waals surface area contributed by atoms with Crippen molar-refractivity contribution in [3.8, 4) is 0 Å². The second kappa shape index (κ2) is 5.40. The van der Waals surface area contributed by atoms with Crippen LogP contribution in [0.3, 0.4) is 0 Å². The lowest BCUT2D eigenvalue weighted by Crippen LogP contribution is -2.44. The number of anilines is 1. The zero-order valence-corrected chi connectivity index (χ0v) is 9.39. The molecule has 0 radical (unpaired) electrons. The van der Waals surface area contributed by atoms with E-state index in [0.29, 0.717) is 5.69 Å². The smallest absolute Gasteiger partial charge is 0.244 e. The van der Waals surface area contributed by atoms with E-state index in [-0.39, 0.29) is 6.42 Å². The zero-order chi connectivity index (χ0) is 13.0. The summed E-state index contributed by atoms with van der Waals surface area (Å²) in [5, 5.41) is 0. The monoisotopic (exact) mass is 239 g/mol. The minimum atomic E-state index is -0.984. The summed E-state index contributed by atoms with van der Waals surface area (Å²) in [6.45, 7) is 0. The van der Waals surface area contributed by atoms with Gasteiger partial charge in [-0.3, -0.25) is 9.59 Å². The zero-order valence-electron chi connectivity index (χ0n) is 9.39. The van der Waals surface area contributed by atoms with Gasteiger partial charge in [0.2, 0.25) is 11.8 Å². The Kier molecular flexibility index (Phi) is 4.17. The summed E-state index contributed by atoms with van der Waals surface area (Å²) in [6.07, 6.45) is -0.218. The van der Waals surface area contributed by atoms with E-state index in [9.17, 15) is 14.0 Å². The van der Waals surface area contributed by atoms with E-state index >= 15 is 0 Å². The molecule has 0 saturated heterocycles. The summed E-state index contributed by atoms with van der Waals surface area (Å²) in [5.41, 5.74) is 11.0. The molecule has 92 valence electrons. The molecule has 5 nitrogen and oxygen atoms in total. The van der Waals surface area contributed by atoms with E-state index in [0.717, 1.165) is 0 Å².